The summed E-state index contributed by atoms with van der Waals surface area (Å²) < 4.78 is 25.2. The Hall–Kier alpha value is -1.77. The van der Waals surface area contributed by atoms with Crippen LogP contribution in [0.1, 0.15) is 27.7 Å². The minimum atomic E-state index is -3.65. The molecule has 0 unspecified atom stereocenters. The van der Waals surface area contributed by atoms with Gasteiger partial charge < -0.3 is 19.5 Å². The molecule has 0 aliphatic rings. The molecule has 1 N–H and O–H groups in total. The normalized spacial score (nSPS) is 12.2. The lowest BCUT2D eigenvalue weighted by molar-refractivity contribution is 0.149. The Balaban J connectivity index is 2.31. The fourth-order valence-electron chi connectivity index (χ4n) is 1.91. The zero-order valence-electron chi connectivity index (χ0n) is 13.9. The zero-order valence-corrected chi connectivity index (χ0v) is 14.8. The number of rotatable bonds is 7. The van der Waals surface area contributed by atoms with Gasteiger partial charge in [0.25, 0.3) is 5.57 Å². The fraction of sp³-hybridized carbons (Fsp3) is 0.429. The number of aromatic nitrogens is 3. The minimum Gasteiger partial charge on any atom is -0.733 e. The van der Waals surface area contributed by atoms with Gasteiger partial charge in [0.1, 0.15) is 6.33 Å². The van der Waals surface area contributed by atoms with Crippen LogP contribution in [0, 0.1) is 5.21 Å². The predicted octanol–water partition coefficient (Wildman–Crippen LogP) is 2.63. The lowest BCUT2D eigenvalue weighted by Gasteiger charge is -2.21. The molecule has 1 heterocycles. The highest BCUT2D eigenvalue weighted by molar-refractivity contribution is 7.61. The van der Waals surface area contributed by atoms with Gasteiger partial charge in [0.2, 0.25) is 0 Å². The molecule has 2 rings (SSSR count). The predicted molar refractivity (Wildman–Crippen MR) is 88.7 cm³/mol. The summed E-state index contributed by atoms with van der Waals surface area (Å²) in [6, 6.07) is 5.95. The molecule has 10 heteroatoms. The van der Waals surface area contributed by atoms with E-state index < -0.39 is 7.60 Å². The van der Waals surface area contributed by atoms with Gasteiger partial charge in [0.05, 0.1) is 23.6 Å². The summed E-state index contributed by atoms with van der Waals surface area (Å²) in [6.07, 6.45) is 0.722. The molecule has 0 saturated heterocycles. The third-order valence-electron chi connectivity index (χ3n) is 2.76. The summed E-state index contributed by atoms with van der Waals surface area (Å²) in [6.45, 7) is 6.98. The molecule has 132 valence electrons. The van der Waals surface area contributed by atoms with Crippen LogP contribution < -0.4 is 10.8 Å². The van der Waals surface area contributed by atoms with Gasteiger partial charge in [0.15, 0.2) is 0 Å². The van der Waals surface area contributed by atoms with Crippen molar-refractivity contribution in [1.82, 2.24) is 14.8 Å². The summed E-state index contributed by atoms with van der Waals surface area (Å²) in [5.41, 5.74) is 0.609. The topological polar surface area (TPSA) is 113 Å². The van der Waals surface area contributed by atoms with Crippen LogP contribution in [0.15, 0.2) is 30.6 Å². The van der Waals surface area contributed by atoms with Crippen LogP contribution in [-0.2, 0) is 13.6 Å². The van der Waals surface area contributed by atoms with Gasteiger partial charge in [-0.3, -0.25) is 9.77 Å². The van der Waals surface area contributed by atoms with Gasteiger partial charge in [-0.15, -0.1) is 5.10 Å². The highest BCUT2D eigenvalue weighted by atomic mass is 31.2. The molecule has 0 aliphatic heterocycles. The van der Waals surface area contributed by atoms with E-state index in [9.17, 15) is 9.77 Å². The van der Waals surface area contributed by atoms with Gasteiger partial charge in [0, 0.05) is 0 Å². The summed E-state index contributed by atoms with van der Waals surface area (Å²) in [5, 5.41) is 23.6. The van der Waals surface area contributed by atoms with E-state index in [1.807, 2.05) is 0 Å². The van der Waals surface area contributed by atoms with Crippen molar-refractivity contribution < 1.29 is 18.8 Å². The van der Waals surface area contributed by atoms with Crippen LogP contribution >= 0.6 is 7.60 Å². The summed E-state index contributed by atoms with van der Waals surface area (Å²) in [4.78, 5) is 4.05. The quantitative estimate of drug-likeness (QED) is 0.596. The summed E-state index contributed by atoms with van der Waals surface area (Å²) in [7, 11) is -3.65. The van der Waals surface area contributed by atoms with Crippen LogP contribution in [-0.4, -0.2) is 32.2 Å². The van der Waals surface area contributed by atoms with E-state index in [0.717, 1.165) is 0 Å². The Morgan fingerprint density at radius 1 is 1.17 bits per heavy atom. The maximum absolute atomic E-state index is 13.0. The SMILES string of the molecule is CC(C)OP(=O)(OC(C)C)c1ncn(-c2ccc(N([O-])O)cc2)n1. The molecule has 1 aromatic carbocycles. The van der Waals surface area contributed by atoms with Crippen molar-refractivity contribution in [3.63, 3.8) is 0 Å². The molecule has 1 aromatic heterocycles. The van der Waals surface area contributed by atoms with Gasteiger partial charge in [-0.2, -0.15) is 0 Å². The first kappa shape index (κ1) is 18.6. The van der Waals surface area contributed by atoms with E-state index in [4.69, 9.17) is 14.3 Å². The maximum Gasteiger partial charge on any atom is 0.400 e. The fourth-order valence-corrected chi connectivity index (χ4v) is 3.66. The van der Waals surface area contributed by atoms with Crippen molar-refractivity contribution in [2.45, 2.75) is 39.9 Å². The minimum absolute atomic E-state index is 0.0402. The molecule has 0 amide bonds. The van der Waals surface area contributed by atoms with E-state index in [0.29, 0.717) is 5.69 Å². The van der Waals surface area contributed by atoms with E-state index in [2.05, 4.69) is 10.1 Å². The molecule has 24 heavy (non-hydrogen) atoms. The van der Waals surface area contributed by atoms with Gasteiger partial charge in [-0.25, -0.2) is 9.67 Å². The number of hydrogen-bond donors (Lipinski definition) is 1. The Morgan fingerprint density at radius 2 is 1.71 bits per heavy atom. The maximum atomic E-state index is 13.0. The average Bonchev–Trinajstić information content (AvgIpc) is 2.96. The lowest BCUT2D eigenvalue weighted by Crippen LogP contribution is -2.20. The van der Waals surface area contributed by atoms with E-state index in [1.54, 1.807) is 39.8 Å². The molecule has 0 atom stereocenters. The lowest BCUT2D eigenvalue weighted by atomic mass is 10.3. The molecule has 0 spiro atoms. The van der Waals surface area contributed by atoms with Crippen LogP contribution in [0.3, 0.4) is 0 Å². The van der Waals surface area contributed by atoms with Gasteiger partial charge in [-0.1, -0.05) is 0 Å². The average molecular weight is 355 g/mol. The first-order valence-corrected chi connectivity index (χ1v) is 8.91. The molecule has 9 nitrogen and oxygen atoms in total. The summed E-state index contributed by atoms with van der Waals surface area (Å²) >= 11 is 0. The van der Waals surface area contributed by atoms with Crippen molar-refractivity contribution in [3.8, 4) is 5.69 Å². The van der Waals surface area contributed by atoms with Crippen LogP contribution in [0.4, 0.5) is 5.69 Å². The largest absolute Gasteiger partial charge is 0.733 e. The number of benzene rings is 1. The third kappa shape index (κ3) is 4.40. The Bertz CT molecular complexity index is 700. The van der Waals surface area contributed by atoms with Crippen molar-refractivity contribution in [3.05, 3.63) is 35.8 Å². The first-order chi connectivity index (χ1) is 11.2. The number of anilines is 1. The Morgan fingerprint density at radius 3 is 2.17 bits per heavy atom. The molecule has 2 aromatic rings. The van der Waals surface area contributed by atoms with Crippen molar-refractivity contribution >= 4 is 18.8 Å². The molecule has 0 fully saturated rings. The molecule has 0 radical (unpaired) electrons. The van der Waals surface area contributed by atoms with Crippen LogP contribution in [0.25, 0.3) is 5.69 Å². The third-order valence-corrected chi connectivity index (χ3v) is 4.85. The molecular formula is C14H20N4O5P-. The van der Waals surface area contributed by atoms with E-state index in [-0.39, 0.29) is 28.7 Å². The summed E-state index contributed by atoms with van der Waals surface area (Å²) in [5.74, 6) is 0. The van der Waals surface area contributed by atoms with Crippen molar-refractivity contribution in [1.29, 1.82) is 0 Å². The molecule has 0 bridgehead atoms. The second-order valence-electron chi connectivity index (χ2n) is 5.58. The smallest absolute Gasteiger partial charge is 0.400 e. The number of nitrogens with zero attached hydrogens (tertiary/aromatic N) is 4. The molecule has 0 saturated carbocycles. The van der Waals surface area contributed by atoms with Crippen molar-refractivity contribution in [2.75, 3.05) is 5.23 Å². The second kappa shape index (κ2) is 7.42. The number of hydrogen-bond acceptors (Lipinski definition) is 8. The monoisotopic (exact) mass is 355 g/mol. The highest BCUT2D eigenvalue weighted by Gasteiger charge is 2.35. The van der Waals surface area contributed by atoms with Crippen LogP contribution in [0.2, 0.25) is 0 Å². The van der Waals surface area contributed by atoms with Gasteiger partial charge >= 0.3 is 7.60 Å². The second-order valence-corrected chi connectivity index (χ2v) is 7.40. The highest BCUT2D eigenvalue weighted by Crippen LogP contribution is 2.48. The Kier molecular flexibility index (Phi) is 5.74. The standard InChI is InChI=1S/C14H20N4O5P/c1-10(2)22-24(21,23-11(3)4)14-15-9-17(16-14)12-5-7-13(8-6-12)18(19)20/h5-11,19H,1-4H3/q-1. The molecular weight excluding hydrogens is 335 g/mol. The van der Waals surface area contributed by atoms with Gasteiger partial charge in [-0.05, 0) is 52.0 Å². The van der Waals surface area contributed by atoms with Crippen LogP contribution in [0.5, 0.6) is 0 Å². The first-order valence-electron chi connectivity index (χ1n) is 7.37. The van der Waals surface area contributed by atoms with E-state index >= 15 is 0 Å². The van der Waals surface area contributed by atoms with E-state index in [1.165, 1.54) is 23.1 Å². The Labute approximate surface area is 139 Å². The zero-order chi connectivity index (χ0) is 17.9. The van der Waals surface area contributed by atoms with Crippen molar-refractivity contribution in [2.24, 2.45) is 0 Å². The molecule has 0 aliphatic carbocycles.